The van der Waals surface area contributed by atoms with Crippen molar-refractivity contribution in [1.82, 2.24) is 10.3 Å². The van der Waals surface area contributed by atoms with Crippen molar-refractivity contribution in [3.63, 3.8) is 0 Å². The summed E-state index contributed by atoms with van der Waals surface area (Å²) in [5, 5.41) is 7.32. The third kappa shape index (κ3) is 5.95. The second-order valence-corrected chi connectivity index (χ2v) is 7.41. The minimum Gasteiger partial charge on any atom is -0.475 e. The highest BCUT2D eigenvalue weighted by atomic mass is 32.2. The van der Waals surface area contributed by atoms with Crippen molar-refractivity contribution >= 4 is 34.2 Å². The summed E-state index contributed by atoms with van der Waals surface area (Å²) in [5.41, 5.74) is 2.18. The lowest BCUT2D eigenvalue weighted by Crippen LogP contribution is -2.29. The van der Waals surface area contributed by atoms with Crippen molar-refractivity contribution in [2.75, 3.05) is 31.7 Å². The van der Waals surface area contributed by atoms with E-state index >= 15 is 0 Å². The molecule has 0 spiro atoms. The van der Waals surface area contributed by atoms with Crippen LogP contribution in [0.15, 0.2) is 60.2 Å². The Morgan fingerprint density at radius 3 is 2.80 bits per heavy atom. The molecule has 0 aliphatic carbocycles. The maximum Gasteiger partial charge on any atom is 0.253 e. The molecular formula is C22H23N3O4S. The maximum absolute atomic E-state index is 12.6. The van der Waals surface area contributed by atoms with E-state index in [0.29, 0.717) is 49.1 Å². The SMILES string of the molecule is C=C1S/C=C(\C)C(=O)Nc2ccccc2C(=O)NCCOCCOc2cc1ccn2. The molecule has 1 aromatic heterocycles. The highest BCUT2D eigenvalue weighted by Gasteiger charge is 2.14. The van der Waals surface area contributed by atoms with Crippen LogP contribution in [0.1, 0.15) is 22.8 Å². The van der Waals surface area contributed by atoms with Gasteiger partial charge in [-0.2, -0.15) is 0 Å². The van der Waals surface area contributed by atoms with Crippen LogP contribution in [-0.2, 0) is 9.53 Å². The summed E-state index contributed by atoms with van der Waals surface area (Å²) in [5.74, 6) is -0.109. The first-order valence-corrected chi connectivity index (χ1v) is 10.3. The van der Waals surface area contributed by atoms with Gasteiger partial charge < -0.3 is 20.1 Å². The molecule has 30 heavy (non-hydrogen) atoms. The molecule has 0 fully saturated rings. The zero-order chi connectivity index (χ0) is 21.3. The van der Waals surface area contributed by atoms with Crippen LogP contribution in [-0.4, -0.2) is 43.2 Å². The van der Waals surface area contributed by atoms with Gasteiger partial charge in [-0.15, -0.1) is 0 Å². The molecule has 0 atom stereocenters. The number of nitrogens with zero attached hydrogens (tertiary/aromatic N) is 1. The molecule has 2 N–H and O–H groups in total. The van der Waals surface area contributed by atoms with E-state index in [4.69, 9.17) is 9.47 Å². The Labute approximate surface area is 179 Å². The summed E-state index contributed by atoms with van der Waals surface area (Å²) in [6.45, 7) is 7.15. The zero-order valence-electron chi connectivity index (χ0n) is 16.6. The number of hydrogen-bond acceptors (Lipinski definition) is 6. The van der Waals surface area contributed by atoms with Crippen molar-refractivity contribution in [1.29, 1.82) is 0 Å². The highest BCUT2D eigenvalue weighted by Crippen LogP contribution is 2.29. The Morgan fingerprint density at radius 1 is 1.10 bits per heavy atom. The van der Waals surface area contributed by atoms with E-state index in [1.165, 1.54) is 11.8 Å². The number of nitrogens with one attached hydrogen (secondary N) is 2. The Balaban J connectivity index is 1.82. The van der Waals surface area contributed by atoms with Gasteiger partial charge >= 0.3 is 0 Å². The van der Waals surface area contributed by atoms with Gasteiger partial charge in [-0.05, 0) is 36.1 Å². The number of pyridine rings is 1. The Kier molecular flexibility index (Phi) is 7.64. The van der Waals surface area contributed by atoms with E-state index in [1.807, 2.05) is 6.07 Å². The van der Waals surface area contributed by atoms with Gasteiger partial charge in [-0.1, -0.05) is 30.5 Å². The number of benzene rings is 1. The molecule has 2 heterocycles. The molecule has 1 aliphatic rings. The van der Waals surface area contributed by atoms with Gasteiger partial charge in [0.1, 0.15) is 6.61 Å². The molecule has 7 nitrogen and oxygen atoms in total. The van der Waals surface area contributed by atoms with Crippen LogP contribution >= 0.6 is 11.8 Å². The van der Waals surface area contributed by atoms with Crippen molar-refractivity contribution in [3.8, 4) is 5.88 Å². The number of hydrogen-bond donors (Lipinski definition) is 2. The average Bonchev–Trinajstić information content (AvgIpc) is 2.76. The molecule has 1 aromatic carbocycles. The van der Waals surface area contributed by atoms with Crippen LogP contribution in [0.4, 0.5) is 5.69 Å². The predicted octanol–water partition coefficient (Wildman–Crippen LogP) is 3.47. The number of rotatable bonds is 0. The predicted molar refractivity (Wildman–Crippen MR) is 118 cm³/mol. The summed E-state index contributed by atoms with van der Waals surface area (Å²) in [6, 6.07) is 10.5. The molecule has 2 aromatic rings. The summed E-state index contributed by atoms with van der Waals surface area (Å²) < 4.78 is 11.1. The van der Waals surface area contributed by atoms with Gasteiger partial charge in [0.25, 0.3) is 11.8 Å². The van der Waals surface area contributed by atoms with E-state index in [9.17, 15) is 9.59 Å². The van der Waals surface area contributed by atoms with E-state index in [1.54, 1.807) is 48.9 Å². The number of amides is 2. The van der Waals surface area contributed by atoms with Crippen LogP contribution in [0.3, 0.4) is 0 Å². The number of fused-ring (bicyclic) bond motifs is 3. The van der Waals surface area contributed by atoms with Gasteiger partial charge in [0, 0.05) is 29.3 Å². The van der Waals surface area contributed by atoms with Crippen molar-refractivity contribution in [3.05, 3.63) is 71.3 Å². The molecular weight excluding hydrogens is 402 g/mol. The van der Waals surface area contributed by atoms with Gasteiger partial charge in [0.05, 0.1) is 24.5 Å². The second kappa shape index (κ2) is 10.6. The smallest absolute Gasteiger partial charge is 0.253 e. The fourth-order valence-corrected chi connectivity index (χ4v) is 3.28. The molecule has 3 rings (SSSR count). The first-order valence-electron chi connectivity index (χ1n) is 9.42. The first kappa shape index (κ1) is 21.6. The quantitative estimate of drug-likeness (QED) is 0.672. The number of carbonyl (C=O) groups is 2. The molecule has 0 unspecified atom stereocenters. The minimum atomic E-state index is -0.296. The molecule has 8 heteroatoms. The van der Waals surface area contributed by atoms with Crippen molar-refractivity contribution < 1.29 is 19.1 Å². The van der Waals surface area contributed by atoms with Crippen LogP contribution < -0.4 is 15.4 Å². The van der Waals surface area contributed by atoms with Crippen molar-refractivity contribution in [2.24, 2.45) is 0 Å². The summed E-state index contributed by atoms with van der Waals surface area (Å²) >= 11 is 1.33. The molecule has 0 saturated heterocycles. The second-order valence-electron chi connectivity index (χ2n) is 6.44. The first-order chi connectivity index (χ1) is 14.5. The van der Waals surface area contributed by atoms with Crippen LogP contribution in [0.5, 0.6) is 5.88 Å². The highest BCUT2D eigenvalue weighted by molar-refractivity contribution is 8.10. The number of para-hydroxylation sites is 1. The zero-order valence-corrected chi connectivity index (χ0v) is 17.5. The molecule has 0 radical (unpaired) electrons. The van der Waals surface area contributed by atoms with Gasteiger partial charge in [-0.25, -0.2) is 4.98 Å². The standard InChI is InChI=1S/C22H23N3O4S/c1-15-14-30-16(2)17-7-8-23-20(13-17)29-12-11-28-10-9-24-22(27)18-5-3-4-6-19(18)25-21(15)26/h3-8,13-14H,2,9-12H2,1H3,(H,24,27)(H,25,26)/b15-14+. The lowest BCUT2D eigenvalue weighted by Gasteiger charge is -2.12. The normalized spacial score (nSPS) is 18.3. The Morgan fingerprint density at radius 2 is 1.93 bits per heavy atom. The van der Waals surface area contributed by atoms with Crippen LogP contribution in [0.2, 0.25) is 0 Å². The number of thioether (sulfide) groups is 1. The summed E-state index contributed by atoms with van der Waals surface area (Å²) in [6.07, 6.45) is 1.65. The van der Waals surface area contributed by atoms with E-state index in [0.717, 1.165) is 10.5 Å². The molecule has 0 saturated carbocycles. The van der Waals surface area contributed by atoms with Crippen molar-refractivity contribution in [2.45, 2.75) is 6.92 Å². The lowest BCUT2D eigenvalue weighted by molar-refractivity contribution is -0.112. The van der Waals surface area contributed by atoms with E-state index < -0.39 is 0 Å². The largest absolute Gasteiger partial charge is 0.475 e. The number of anilines is 1. The van der Waals surface area contributed by atoms with Crippen LogP contribution in [0, 0.1) is 0 Å². The fourth-order valence-electron chi connectivity index (χ4n) is 2.59. The minimum absolute atomic E-state index is 0.284. The Hall–Kier alpha value is -3.10. The molecule has 156 valence electrons. The molecule has 2 amide bonds. The summed E-state index contributed by atoms with van der Waals surface area (Å²) in [7, 11) is 0. The molecule has 1 aliphatic heterocycles. The monoisotopic (exact) mass is 425 g/mol. The number of aromatic nitrogens is 1. The van der Waals surface area contributed by atoms with Gasteiger partial charge in [0.15, 0.2) is 0 Å². The van der Waals surface area contributed by atoms with Gasteiger partial charge in [0.2, 0.25) is 5.88 Å². The van der Waals surface area contributed by atoms with E-state index in [2.05, 4.69) is 22.2 Å². The maximum atomic E-state index is 12.6. The molecule has 2 bridgehead atoms. The Bertz CT molecular complexity index is 974. The summed E-state index contributed by atoms with van der Waals surface area (Å²) in [4.78, 5) is 30.0. The number of ether oxygens (including phenoxy) is 2. The lowest BCUT2D eigenvalue weighted by atomic mass is 10.1. The number of carbonyl (C=O) groups excluding carboxylic acids is 2. The third-order valence-electron chi connectivity index (χ3n) is 4.22. The van der Waals surface area contributed by atoms with Crippen LogP contribution in [0.25, 0.3) is 4.91 Å². The van der Waals surface area contributed by atoms with Gasteiger partial charge in [-0.3, -0.25) is 9.59 Å². The topological polar surface area (TPSA) is 89.6 Å². The fraction of sp³-hybridized carbons (Fsp3) is 0.227. The third-order valence-corrected chi connectivity index (χ3v) is 5.21. The van der Waals surface area contributed by atoms with E-state index in [-0.39, 0.29) is 11.8 Å². The average molecular weight is 426 g/mol.